The molecule has 23 heavy (non-hydrogen) atoms. The minimum atomic E-state index is -0.485. The maximum absolute atomic E-state index is 11.5. The molecule has 0 saturated carbocycles. The van der Waals surface area contributed by atoms with Gasteiger partial charge in [0.15, 0.2) is 0 Å². The van der Waals surface area contributed by atoms with Gasteiger partial charge in [-0.15, -0.1) is 0 Å². The van der Waals surface area contributed by atoms with Gasteiger partial charge in [0.2, 0.25) is 0 Å². The third-order valence-corrected chi connectivity index (χ3v) is 3.15. The first-order chi connectivity index (χ1) is 10.8. The molecule has 0 aliphatic carbocycles. The van der Waals surface area contributed by atoms with Gasteiger partial charge >= 0.3 is 13.6 Å². The lowest BCUT2D eigenvalue weighted by atomic mass is 9.86. The summed E-state index contributed by atoms with van der Waals surface area (Å²) in [5, 5.41) is 12.4. The van der Waals surface area contributed by atoms with Crippen LogP contribution in [0.2, 0.25) is 0 Å². The van der Waals surface area contributed by atoms with Crippen LogP contribution in [0.15, 0.2) is 12.1 Å². The Hall–Kier alpha value is -1.89. The summed E-state index contributed by atoms with van der Waals surface area (Å²) in [6.07, 6.45) is 1.15. The number of phenols is 1. The molecular formula is C16H23BNO5. The van der Waals surface area contributed by atoms with Crippen molar-refractivity contribution in [2.24, 2.45) is 0 Å². The molecule has 125 valence electrons. The smallest absolute Gasteiger partial charge is 0.407 e. The normalized spacial score (nSPS) is 13.2. The number of carbonyl (C=O) groups is 1. The van der Waals surface area contributed by atoms with Crippen LogP contribution in [-0.2, 0) is 16.0 Å². The lowest BCUT2D eigenvalue weighted by Gasteiger charge is -2.19. The minimum absolute atomic E-state index is 0.171. The molecule has 0 spiro atoms. The Bertz CT molecular complexity index is 556. The fourth-order valence-corrected chi connectivity index (χ4v) is 2.17. The number of hydrogen-bond acceptors (Lipinski definition) is 5. The second-order valence-corrected chi connectivity index (χ2v) is 6.43. The Kier molecular flexibility index (Phi) is 5.77. The highest BCUT2D eigenvalue weighted by atomic mass is 16.6. The van der Waals surface area contributed by atoms with Crippen molar-refractivity contribution in [1.29, 1.82) is 0 Å². The Labute approximate surface area is 137 Å². The fraction of sp³-hybridized carbons (Fsp3) is 0.562. The molecule has 0 aromatic heterocycles. The molecule has 1 amide bonds. The van der Waals surface area contributed by atoms with Crippen molar-refractivity contribution in [3.8, 4) is 11.5 Å². The first-order valence-electron chi connectivity index (χ1n) is 7.75. The van der Waals surface area contributed by atoms with Gasteiger partial charge in [-0.25, -0.2) is 4.79 Å². The standard InChI is InChI=1S/C16H23BNO5/c1-16(2,3)23-15(20)18-6-4-5-7-21-13-9-12(19)8-11-10-22-17-14(11)13/h8-9,19H,4-7,10H2,1-3H3,(H,18,20). The summed E-state index contributed by atoms with van der Waals surface area (Å²) < 4.78 is 16.1. The number of benzene rings is 1. The number of unbranched alkanes of at least 4 members (excludes halogenated alkanes) is 1. The number of rotatable bonds is 6. The lowest BCUT2D eigenvalue weighted by molar-refractivity contribution is 0.0526. The number of fused-ring (bicyclic) bond motifs is 1. The van der Waals surface area contributed by atoms with Crippen LogP contribution in [-0.4, -0.2) is 37.4 Å². The minimum Gasteiger partial charge on any atom is -0.508 e. The van der Waals surface area contributed by atoms with Gasteiger partial charge in [-0.3, -0.25) is 0 Å². The highest BCUT2D eigenvalue weighted by molar-refractivity contribution is 6.50. The third kappa shape index (κ3) is 5.67. The van der Waals surface area contributed by atoms with E-state index in [1.165, 1.54) is 0 Å². The van der Waals surface area contributed by atoms with E-state index < -0.39 is 11.7 Å². The van der Waals surface area contributed by atoms with Gasteiger partial charge in [-0.2, -0.15) is 0 Å². The number of amides is 1. The van der Waals surface area contributed by atoms with Crippen LogP contribution in [0.25, 0.3) is 0 Å². The maximum atomic E-state index is 11.5. The number of nitrogens with one attached hydrogen (secondary N) is 1. The van der Waals surface area contributed by atoms with E-state index in [4.69, 9.17) is 14.1 Å². The van der Waals surface area contributed by atoms with Crippen molar-refractivity contribution in [3.05, 3.63) is 17.7 Å². The molecule has 1 aliphatic heterocycles. The molecule has 1 heterocycles. The quantitative estimate of drug-likeness (QED) is 0.618. The zero-order valence-electron chi connectivity index (χ0n) is 13.8. The van der Waals surface area contributed by atoms with E-state index in [2.05, 4.69) is 5.32 Å². The Balaban J connectivity index is 1.66. The summed E-state index contributed by atoms with van der Waals surface area (Å²) >= 11 is 0. The van der Waals surface area contributed by atoms with Crippen molar-refractivity contribution in [3.63, 3.8) is 0 Å². The monoisotopic (exact) mass is 320 g/mol. The number of ether oxygens (including phenoxy) is 2. The van der Waals surface area contributed by atoms with Gasteiger partial charge in [0.25, 0.3) is 0 Å². The number of hydrogen-bond donors (Lipinski definition) is 2. The van der Waals surface area contributed by atoms with Crippen LogP contribution in [0.1, 0.15) is 39.2 Å². The van der Waals surface area contributed by atoms with Crippen molar-refractivity contribution in [2.75, 3.05) is 13.2 Å². The second-order valence-electron chi connectivity index (χ2n) is 6.43. The average Bonchev–Trinajstić information content (AvgIpc) is 2.88. The van der Waals surface area contributed by atoms with Gasteiger partial charge in [0.1, 0.15) is 17.1 Å². The summed E-state index contributed by atoms with van der Waals surface area (Å²) in [5.41, 5.74) is 1.32. The molecule has 2 rings (SSSR count). The first-order valence-corrected chi connectivity index (χ1v) is 7.75. The van der Waals surface area contributed by atoms with E-state index in [0.717, 1.165) is 23.9 Å². The highest BCUT2D eigenvalue weighted by Gasteiger charge is 2.19. The van der Waals surface area contributed by atoms with Crippen molar-refractivity contribution < 1.29 is 24.0 Å². The van der Waals surface area contributed by atoms with E-state index in [1.54, 1.807) is 19.6 Å². The van der Waals surface area contributed by atoms with Crippen molar-refractivity contribution in [2.45, 2.75) is 45.8 Å². The molecular weight excluding hydrogens is 297 g/mol. The zero-order chi connectivity index (χ0) is 16.9. The Morgan fingerprint density at radius 2 is 2.17 bits per heavy atom. The molecule has 1 aromatic carbocycles. The Morgan fingerprint density at radius 1 is 1.39 bits per heavy atom. The molecule has 0 unspecified atom stereocenters. The first kappa shape index (κ1) is 17.5. The topological polar surface area (TPSA) is 77.0 Å². The molecule has 1 aliphatic rings. The van der Waals surface area contributed by atoms with E-state index in [9.17, 15) is 9.90 Å². The molecule has 0 atom stereocenters. The molecule has 6 nitrogen and oxygen atoms in total. The third-order valence-electron chi connectivity index (χ3n) is 3.15. The summed E-state index contributed by atoms with van der Waals surface area (Å²) in [6, 6.07) is 3.26. The number of phenolic OH excluding ortho intramolecular Hbond substituents is 1. The van der Waals surface area contributed by atoms with Gasteiger partial charge < -0.3 is 24.6 Å². The van der Waals surface area contributed by atoms with Crippen molar-refractivity contribution >= 4 is 19.0 Å². The lowest BCUT2D eigenvalue weighted by Crippen LogP contribution is -2.33. The van der Waals surface area contributed by atoms with Crippen LogP contribution < -0.4 is 15.5 Å². The van der Waals surface area contributed by atoms with Gasteiger partial charge in [-0.1, -0.05) is 0 Å². The number of alkyl carbamates (subject to hydrolysis) is 1. The van der Waals surface area contributed by atoms with E-state index in [-0.39, 0.29) is 5.75 Å². The van der Waals surface area contributed by atoms with Gasteiger partial charge in [0.05, 0.1) is 13.2 Å². The van der Waals surface area contributed by atoms with E-state index >= 15 is 0 Å². The van der Waals surface area contributed by atoms with E-state index in [0.29, 0.717) is 25.5 Å². The summed E-state index contributed by atoms with van der Waals surface area (Å²) in [5.74, 6) is 0.793. The molecule has 0 saturated heterocycles. The van der Waals surface area contributed by atoms with Crippen LogP contribution in [0.3, 0.4) is 0 Å². The fourth-order valence-electron chi connectivity index (χ4n) is 2.17. The molecule has 7 heteroatoms. The number of aromatic hydroxyl groups is 1. The predicted octanol–water partition coefficient (Wildman–Crippen LogP) is 1.85. The highest BCUT2D eigenvalue weighted by Crippen LogP contribution is 2.23. The van der Waals surface area contributed by atoms with Crippen LogP contribution in [0, 0.1) is 0 Å². The van der Waals surface area contributed by atoms with Gasteiger partial charge in [0, 0.05) is 12.6 Å². The molecule has 1 aromatic rings. The average molecular weight is 320 g/mol. The summed E-state index contributed by atoms with van der Waals surface area (Å²) in [4.78, 5) is 11.5. The number of carbonyl (C=O) groups excluding carboxylic acids is 1. The molecule has 0 bridgehead atoms. The van der Waals surface area contributed by atoms with Crippen LogP contribution in [0.4, 0.5) is 4.79 Å². The molecule has 2 N–H and O–H groups in total. The van der Waals surface area contributed by atoms with Gasteiger partial charge in [-0.05, 0) is 50.7 Å². The zero-order valence-corrected chi connectivity index (χ0v) is 13.8. The molecule has 0 fully saturated rings. The second kappa shape index (κ2) is 7.59. The maximum Gasteiger partial charge on any atom is 0.407 e. The summed E-state index contributed by atoms with van der Waals surface area (Å²) in [6.45, 7) is 6.98. The van der Waals surface area contributed by atoms with E-state index in [1.807, 2.05) is 20.8 Å². The van der Waals surface area contributed by atoms with Crippen LogP contribution in [0.5, 0.6) is 11.5 Å². The predicted molar refractivity (Wildman–Crippen MR) is 87.2 cm³/mol. The summed E-state index contributed by atoms with van der Waals surface area (Å²) in [7, 11) is 1.65. The largest absolute Gasteiger partial charge is 0.508 e. The molecule has 1 radical (unpaired) electrons. The van der Waals surface area contributed by atoms with Crippen LogP contribution >= 0.6 is 0 Å². The Morgan fingerprint density at radius 3 is 2.91 bits per heavy atom. The van der Waals surface area contributed by atoms with Crippen molar-refractivity contribution in [1.82, 2.24) is 5.32 Å². The SMILES string of the molecule is CC(C)(C)OC(=O)NCCCCOc1cc(O)cc2c1[B]OC2.